The number of nitrogens with zero attached hydrogens (tertiary/aromatic N) is 3. The molecule has 0 saturated heterocycles. The monoisotopic (exact) mass is 147 g/mol. The Kier molecular flexibility index (Phi) is 1.39. The van der Waals surface area contributed by atoms with Crippen LogP contribution in [0.15, 0.2) is 6.20 Å². The van der Waals surface area contributed by atoms with Crippen molar-refractivity contribution in [2.45, 2.75) is 25.8 Å². The van der Waals surface area contributed by atoms with E-state index in [9.17, 15) is 0 Å². The van der Waals surface area contributed by atoms with Gasteiger partial charge in [0.15, 0.2) is 0 Å². The molecule has 1 aromatic rings. The van der Waals surface area contributed by atoms with Crippen LogP contribution < -0.4 is 0 Å². The Morgan fingerprint density at radius 2 is 2.45 bits per heavy atom. The van der Waals surface area contributed by atoms with E-state index in [1.807, 2.05) is 6.20 Å². The Labute approximate surface area is 65.5 Å². The van der Waals surface area contributed by atoms with E-state index in [1.54, 1.807) is 0 Å². The van der Waals surface area contributed by atoms with Gasteiger partial charge in [0.1, 0.15) is 0 Å². The van der Waals surface area contributed by atoms with Crippen molar-refractivity contribution in [1.29, 1.82) is 0 Å². The quantitative estimate of drug-likeness (QED) is 0.512. The second-order valence-corrected chi connectivity index (χ2v) is 2.78. The molecule has 0 amide bonds. The van der Waals surface area contributed by atoms with E-state index in [1.165, 1.54) is 12.8 Å². The van der Waals surface area contributed by atoms with Crippen LogP contribution in [0, 0.1) is 6.57 Å². The molecule has 3 nitrogen and oxygen atoms in total. The predicted molar refractivity (Wildman–Crippen MR) is 41.4 cm³/mol. The Hall–Kier alpha value is -1.30. The largest absolute Gasteiger partial charge is 0.359 e. The number of fused-ring (bicyclic) bond motifs is 1. The summed E-state index contributed by atoms with van der Waals surface area (Å²) in [6.07, 6.45) is 5.33. The number of rotatable bonds is 0. The lowest BCUT2D eigenvalue weighted by Gasteiger charge is -2.09. The Balaban J connectivity index is 2.42. The van der Waals surface area contributed by atoms with Crippen LogP contribution in [0.1, 0.15) is 18.7 Å². The maximum Gasteiger partial charge on any atom is 0.287 e. The van der Waals surface area contributed by atoms with Crippen LogP contribution in [0.25, 0.3) is 4.85 Å². The molecule has 0 atom stereocenters. The molecule has 0 aliphatic carbocycles. The molecule has 2 heterocycles. The van der Waals surface area contributed by atoms with Crippen molar-refractivity contribution in [2.24, 2.45) is 0 Å². The van der Waals surface area contributed by atoms with Gasteiger partial charge in [-0.05, 0) is 12.8 Å². The van der Waals surface area contributed by atoms with Crippen LogP contribution in [-0.4, -0.2) is 9.55 Å². The van der Waals surface area contributed by atoms with Crippen molar-refractivity contribution >= 4 is 5.82 Å². The van der Waals surface area contributed by atoms with Gasteiger partial charge in [-0.3, -0.25) is 0 Å². The topological polar surface area (TPSA) is 22.2 Å². The van der Waals surface area contributed by atoms with Gasteiger partial charge in [-0.15, -0.1) is 4.98 Å². The lowest BCUT2D eigenvalue weighted by Crippen LogP contribution is -2.08. The average Bonchev–Trinajstić information content (AvgIpc) is 2.46. The molecule has 0 radical (unpaired) electrons. The van der Waals surface area contributed by atoms with Crippen LogP contribution in [0.2, 0.25) is 0 Å². The van der Waals surface area contributed by atoms with E-state index in [0.717, 1.165) is 18.8 Å². The summed E-state index contributed by atoms with van der Waals surface area (Å²) in [4.78, 5) is 7.47. The van der Waals surface area contributed by atoms with Crippen molar-refractivity contribution in [2.75, 3.05) is 0 Å². The first-order chi connectivity index (χ1) is 5.40. The molecule has 1 aliphatic rings. The molecule has 0 unspecified atom stereocenters. The van der Waals surface area contributed by atoms with E-state index in [4.69, 9.17) is 6.57 Å². The van der Waals surface area contributed by atoms with E-state index in [0.29, 0.717) is 5.82 Å². The Morgan fingerprint density at radius 1 is 1.55 bits per heavy atom. The molecule has 0 fully saturated rings. The lowest BCUT2D eigenvalue weighted by atomic mass is 10.2. The summed E-state index contributed by atoms with van der Waals surface area (Å²) in [5.74, 6) is 1.63. The van der Waals surface area contributed by atoms with Crippen molar-refractivity contribution in [3.63, 3.8) is 0 Å². The van der Waals surface area contributed by atoms with Gasteiger partial charge in [0.25, 0.3) is 5.82 Å². The normalized spacial score (nSPS) is 15.5. The molecule has 0 saturated carbocycles. The van der Waals surface area contributed by atoms with Crippen molar-refractivity contribution in [1.82, 2.24) is 9.55 Å². The molecule has 0 N–H and O–H groups in total. The van der Waals surface area contributed by atoms with E-state index >= 15 is 0 Å². The first-order valence-electron chi connectivity index (χ1n) is 3.83. The maximum absolute atomic E-state index is 6.77. The molecule has 0 spiro atoms. The molecular formula is C8H9N3. The zero-order valence-corrected chi connectivity index (χ0v) is 6.25. The molecule has 2 rings (SSSR count). The standard InChI is InChI=1S/C8H9N3/c1-9-7-6-11-5-3-2-4-8(11)10-7/h6H,2-5H2. The highest BCUT2D eigenvalue weighted by atomic mass is 15.1. The highest BCUT2D eigenvalue weighted by Gasteiger charge is 2.14. The third-order valence-corrected chi connectivity index (χ3v) is 2.01. The van der Waals surface area contributed by atoms with Crippen LogP contribution in [0.4, 0.5) is 5.82 Å². The van der Waals surface area contributed by atoms with Gasteiger partial charge in [0, 0.05) is 19.2 Å². The number of hydrogen-bond acceptors (Lipinski definition) is 1. The maximum atomic E-state index is 6.77. The highest BCUT2D eigenvalue weighted by molar-refractivity contribution is 5.34. The van der Waals surface area contributed by atoms with Crippen LogP contribution >= 0.6 is 0 Å². The van der Waals surface area contributed by atoms with Crippen molar-refractivity contribution < 1.29 is 0 Å². The second kappa shape index (κ2) is 2.39. The van der Waals surface area contributed by atoms with Crippen LogP contribution in [0.3, 0.4) is 0 Å². The zero-order chi connectivity index (χ0) is 7.68. The Bertz CT molecular complexity index is 282. The summed E-state index contributed by atoms with van der Waals surface area (Å²) in [6.45, 7) is 7.81. The third-order valence-electron chi connectivity index (χ3n) is 2.01. The first kappa shape index (κ1) is 6.41. The molecular weight excluding hydrogens is 138 g/mol. The fourth-order valence-corrected chi connectivity index (χ4v) is 1.45. The first-order valence-corrected chi connectivity index (χ1v) is 3.83. The van der Waals surface area contributed by atoms with Crippen LogP contribution in [-0.2, 0) is 13.0 Å². The minimum Gasteiger partial charge on any atom is -0.359 e. The molecule has 0 bridgehead atoms. The van der Waals surface area contributed by atoms with E-state index < -0.39 is 0 Å². The SMILES string of the molecule is [C-]#[N+]c1cn2c(n1)CCCC2. The minimum atomic E-state index is 0.543. The predicted octanol–water partition coefficient (Wildman–Crippen LogP) is 1.77. The van der Waals surface area contributed by atoms with E-state index in [-0.39, 0.29) is 0 Å². The summed E-state index contributed by atoms with van der Waals surface area (Å²) >= 11 is 0. The fraction of sp³-hybridized carbons (Fsp3) is 0.500. The molecule has 11 heavy (non-hydrogen) atoms. The summed E-state index contributed by atoms with van der Waals surface area (Å²) < 4.78 is 2.09. The van der Waals surface area contributed by atoms with Gasteiger partial charge >= 0.3 is 0 Å². The van der Waals surface area contributed by atoms with Gasteiger partial charge in [0.2, 0.25) is 5.82 Å². The fourth-order valence-electron chi connectivity index (χ4n) is 1.45. The molecule has 3 heteroatoms. The smallest absolute Gasteiger partial charge is 0.287 e. The summed E-state index contributed by atoms with van der Waals surface area (Å²) in [5.41, 5.74) is 0. The van der Waals surface area contributed by atoms with Gasteiger partial charge in [-0.2, -0.15) is 0 Å². The van der Waals surface area contributed by atoms with Gasteiger partial charge in [0.05, 0.1) is 0 Å². The van der Waals surface area contributed by atoms with E-state index in [2.05, 4.69) is 14.4 Å². The number of aromatic nitrogens is 2. The average molecular weight is 147 g/mol. The van der Waals surface area contributed by atoms with Crippen LogP contribution in [0.5, 0.6) is 0 Å². The minimum absolute atomic E-state index is 0.543. The number of imidazole rings is 1. The number of aryl methyl sites for hydroxylation is 2. The number of hydrogen-bond donors (Lipinski definition) is 0. The lowest BCUT2D eigenvalue weighted by molar-refractivity contribution is 0.522. The zero-order valence-electron chi connectivity index (χ0n) is 6.25. The second-order valence-electron chi connectivity index (χ2n) is 2.78. The molecule has 1 aliphatic heterocycles. The molecule has 0 aromatic carbocycles. The summed E-state index contributed by atoms with van der Waals surface area (Å²) in [7, 11) is 0. The highest BCUT2D eigenvalue weighted by Crippen LogP contribution is 2.18. The van der Waals surface area contributed by atoms with Crippen molar-refractivity contribution in [3.8, 4) is 0 Å². The van der Waals surface area contributed by atoms with Gasteiger partial charge in [-0.1, -0.05) is 6.57 Å². The third kappa shape index (κ3) is 1.01. The van der Waals surface area contributed by atoms with Gasteiger partial charge in [-0.25, -0.2) is 0 Å². The molecule has 1 aromatic heterocycles. The van der Waals surface area contributed by atoms with Gasteiger partial charge < -0.3 is 9.41 Å². The molecule has 56 valence electrons. The Morgan fingerprint density at radius 3 is 3.18 bits per heavy atom. The summed E-state index contributed by atoms with van der Waals surface area (Å²) in [6, 6.07) is 0. The van der Waals surface area contributed by atoms with Crippen molar-refractivity contribution in [3.05, 3.63) is 23.4 Å². The summed E-state index contributed by atoms with van der Waals surface area (Å²) in [5, 5.41) is 0.